The van der Waals surface area contributed by atoms with Gasteiger partial charge in [0.25, 0.3) is 0 Å². The van der Waals surface area contributed by atoms with Gasteiger partial charge >= 0.3 is 0 Å². The third kappa shape index (κ3) is 3.69. The number of benzene rings is 5. The molecule has 0 spiro atoms. The Balaban J connectivity index is 1.19. The van der Waals surface area contributed by atoms with Gasteiger partial charge in [0, 0.05) is 45.6 Å². The molecule has 10 rings (SSSR count). The molecule has 9 aromatic rings. The minimum absolute atomic E-state index is 0.717. The van der Waals surface area contributed by atoms with Crippen molar-refractivity contribution in [2.45, 2.75) is 6.42 Å². The first-order valence-corrected chi connectivity index (χ1v) is 15.4. The number of furan rings is 1. The van der Waals surface area contributed by atoms with Crippen LogP contribution in [0.2, 0.25) is 0 Å². The van der Waals surface area contributed by atoms with E-state index in [2.05, 4.69) is 82.3 Å². The highest BCUT2D eigenvalue weighted by atomic mass is 16.5. The molecule has 0 atom stereocenters. The molecule has 0 amide bonds. The van der Waals surface area contributed by atoms with Crippen molar-refractivity contribution in [3.63, 3.8) is 0 Å². The topological polar surface area (TPSA) is 53.1 Å². The minimum atomic E-state index is 0.717. The van der Waals surface area contributed by atoms with Crippen LogP contribution in [0.4, 0.5) is 0 Å². The first-order chi connectivity index (χ1) is 22.8. The molecule has 1 aliphatic rings. The van der Waals surface area contributed by atoms with Gasteiger partial charge < -0.3 is 9.15 Å². The van der Waals surface area contributed by atoms with Crippen molar-refractivity contribution in [2.24, 2.45) is 0 Å². The Hall–Kier alpha value is -6.20. The Morgan fingerprint density at radius 1 is 0.587 bits per heavy atom. The van der Waals surface area contributed by atoms with Crippen molar-refractivity contribution in [1.29, 1.82) is 0 Å². The Bertz CT molecular complexity index is 2640. The van der Waals surface area contributed by atoms with Gasteiger partial charge in [0.15, 0.2) is 0 Å². The summed E-state index contributed by atoms with van der Waals surface area (Å²) in [6.45, 7) is 0. The summed E-state index contributed by atoms with van der Waals surface area (Å²) in [5.74, 6) is 2.33. The maximum absolute atomic E-state index is 6.71. The summed E-state index contributed by atoms with van der Waals surface area (Å²) < 4.78 is 15.3. The second kappa shape index (κ2) is 9.65. The number of ether oxygens (including phenoxy) is 1. The summed E-state index contributed by atoms with van der Waals surface area (Å²) in [7, 11) is 0. The van der Waals surface area contributed by atoms with Crippen LogP contribution in [0.25, 0.3) is 71.9 Å². The van der Waals surface area contributed by atoms with Gasteiger partial charge in [0.2, 0.25) is 0 Å². The van der Waals surface area contributed by atoms with Gasteiger partial charge in [-0.2, -0.15) is 0 Å². The Labute approximate surface area is 264 Å². The molecule has 4 aromatic heterocycles. The summed E-state index contributed by atoms with van der Waals surface area (Å²) in [5.41, 5.74) is 10.9. The quantitative estimate of drug-likeness (QED) is 0.204. The number of aromatic nitrogens is 3. The fourth-order valence-corrected chi connectivity index (χ4v) is 7.21. The van der Waals surface area contributed by atoms with Crippen molar-refractivity contribution in [3.05, 3.63) is 151 Å². The van der Waals surface area contributed by atoms with Gasteiger partial charge in [0.1, 0.15) is 28.5 Å². The molecule has 0 saturated carbocycles. The average Bonchev–Trinajstić information content (AvgIpc) is 3.78. The minimum Gasteiger partial charge on any atom is -0.457 e. The second-order valence-electron chi connectivity index (χ2n) is 11.8. The van der Waals surface area contributed by atoms with E-state index in [9.17, 15) is 0 Å². The lowest BCUT2D eigenvalue weighted by molar-refractivity contribution is 0.484. The van der Waals surface area contributed by atoms with Crippen molar-refractivity contribution >= 4 is 43.7 Å². The average molecular weight is 592 g/mol. The number of pyridine rings is 2. The van der Waals surface area contributed by atoms with Gasteiger partial charge in [-0.15, -0.1) is 0 Å². The van der Waals surface area contributed by atoms with Gasteiger partial charge in [-0.3, -0.25) is 9.55 Å². The van der Waals surface area contributed by atoms with Gasteiger partial charge in [-0.05, 0) is 89.3 Å². The number of hydrogen-bond donors (Lipinski definition) is 0. The maximum Gasteiger partial charge on any atom is 0.145 e. The molecule has 1 aliphatic carbocycles. The predicted molar refractivity (Wildman–Crippen MR) is 184 cm³/mol. The van der Waals surface area contributed by atoms with E-state index in [0.29, 0.717) is 0 Å². The summed E-state index contributed by atoms with van der Waals surface area (Å²) in [6, 6.07) is 43.8. The molecule has 0 radical (unpaired) electrons. The lowest BCUT2D eigenvalue weighted by Crippen LogP contribution is -1.97. The zero-order chi connectivity index (χ0) is 30.2. The van der Waals surface area contributed by atoms with Crippen molar-refractivity contribution in [2.75, 3.05) is 0 Å². The zero-order valence-electron chi connectivity index (χ0n) is 24.6. The maximum atomic E-state index is 6.71. The Kier molecular flexibility index (Phi) is 5.28. The smallest absolute Gasteiger partial charge is 0.145 e. The van der Waals surface area contributed by atoms with Crippen molar-refractivity contribution < 1.29 is 9.15 Å². The Morgan fingerprint density at radius 3 is 2.33 bits per heavy atom. The highest BCUT2D eigenvalue weighted by Crippen LogP contribution is 2.46. The molecule has 0 saturated heterocycles. The lowest BCUT2D eigenvalue weighted by Gasteiger charge is -2.10. The molecular weight excluding hydrogens is 566 g/mol. The van der Waals surface area contributed by atoms with Gasteiger partial charge in [-0.1, -0.05) is 60.7 Å². The molecule has 0 fully saturated rings. The third-order valence-corrected chi connectivity index (χ3v) is 9.16. The summed E-state index contributed by atoms with van der Waals surface area (Å²) in [4.78, 5) is 9.43. The molecule has 0 bridgehead atoms. The standard InChI is InChI=1S/C41H25N3O2/c1-2-10-29-25(9-1)21-26-15-18-35-40(39(26)29)31-17-16-27(24-36(31)44(35)38-14-6-8-20-43-38)45-28-22-32-30-11-3-4-13-37(30)46-41(32)33(23-28)34-12-5-7-19-42-34/h1-20,22-24H,21H2. The largest absolute Gasteiger partial charge is 0.457 e. The van der Waals surface area contributed by atoms with Crippen molar-refractivity contribution in [3.8, 4) is 39.7 Å². The van der Waals surface area contributed by atoms with Crippen LogP contribution in [0, 0.1) is 0 Å². The molecule has 5 nitrogen and oxygen atoms in total. The number of para-hydroxylation sites is 1. The zero-order valence-corrected chi connectivity index (χ0v) is 24.6. The second-order valence-corrected chi connectivity index (χ2v) is 11.8. The fraction of sp³-hybridized carbons (Fsp3) is 0.0244. The fourth-order valence-electron chi connectivity index (χ4n) is 7.21. The number of hydrogen-bond acceptors (Lipinski definition) is 4. The highest BCUT2D eigenvalue weighted by molar-refractivity contribution is 6.17. The van der Waals surface area contributed by atoms with Crippen LogP contribution >= 0.6 is 0 Å². The first kappa shape index (κ1) is 25.2. The number of fused-ring (bicyclic) bond motifs is 10. The molecule has 5 heteroatoms. The van der Waals surface area contributed by atoms with Crippen LogP contribution in [0.15, 0.2) is 144 Å². The van der Waals surface area contributed by atoms with E-state index in [4.69, 9.17) is 14.1 Å². The highest BCUT2D eigenvalue weighted by Gasteiger charge is 2.25. The summed E-state index contributed by atoms with van der Waals surface area (Å²) >= 11 is 0. The molecule has 4 heterocycles. The summed E-state index contributed by atoms with van der Waals surface area (Å²) in [6.07, 6.45) is 4.60. The van der Waals surface area contributed by atoms with E-state index in [1.54, 1.807) is 6.20 Å². The van der Waals surface area contributed by atoms with E-state index in [-0.39, 0.29) is 0 Å². The van der Waals surface area contributed by atoms with Crippen LogP contribution < -0.4 is 4.74 Å². The van der Waals surface area contributed by atoms with E-state index < -0.39 is 0 Å². The van der Waals surface area contributed by atoms with E-state index in [1.807, 2.05) is 60.8 Å². The van der Waals surface area contributed by atoms with Crippen LogP contribution in [-0.2, 0) is 6.42 Å². The first-order valence-electron chi connectivity index (χ1n) is 15.4. The molecule has 0 aliphatic heterocycles. The van der Waals surface area contributed by atoms with Crippen molar-refractivity contribution in [1.82, 2.24) is 14.5 Å². The molecule has 0 unspecified atom stereocenters. The predicted octanol–water partition coefficient (Wildman–Crippen LogP) is 10.5. The van der Waals surface area contributed by atoms with E-state index in [1.165, 1.54) is 33.0 Å². The van der Waals surface area contributed by atoms with Crippen LogP contribution in [0.3, 0.4) is 0 Å². The number of nitrogens with zero attached hydrogens (tertiary/aromatic N) is 3. The molecule has 5 aromatic carbocycles. The van der Waals surface area contributed by atoms with Gasteiger partial charge in [0.05, 0.1) is 16.7 Å². The van der Waals surface area contributed by atoms with Crippen LogP contribution in [0.5, 0.6) is 11.5 Å². The third-order valence-electron chi connectivity index (χ3n) is 9.16. The van der Waals surface area contributed by atoms with E-state index >= 15 is 0 Å². The lowest BCUT2D eigenvalue weighted by atomic mass is 9.99. The normalized spacial score (nSPS) is 12.3. The molecule has 216 valence electrons. The molecular formula is C41H25N3O2. The summed E-state index contributed by atoms with van der Waals surface area (Å²) in [5, 5.41) is 4.46. The van der Waals surface area contributed by atoms with Gasteiger partial charge in [-0.25, -0.2) is 4.98 Å². The monoisotopic (exact) mass is 591 g/mol. The van der Waals surface area contributed by atoms with E-state index in [0.717, 1.165) is 68.0 Å². The van der Waals surface area contributed by atoms with Crippen LogP contribution in [-0.4, -0.2) is 14.5 Å². The van der Waals surface area contributed by atoms with Crippen LogP contribution in [0.1, 0.15) is 11.1 Å². The SMILES string of the molecule is c1ccc(-c2cc(Oc3ccc4c5c6c(ccc5n(-c5ccccn5)c4c3)Cc3ccccc3-6)cc3c2oc2ccccc23)nc1. The molecule has 46 heavy (non-hydrogen) atoms. The Morgan fingerprint density at radius 2 is 1.43 bits per heavy atom. The molecule has 0 N–H and O–H groups in total. The number of rotatable bonds is 4.